The molecule has 4 atom stereocenters. The summed E-state index contributed by atoms with van der Waals surface area (Å²) >= 11 is 0. The van der Waals surface area contributed by atoms with Gasteiger partial charge < -0.3 is 19.5 Å². The molecule has 0 heterocycles. The molecule has 0 spiro atoms. The van der Waals surface area contributed by atoms with Gasteiger partial charge in [-0.15, -0.1) is 9.24 Å². The number of oxime groups is 2. The van der Waals surface area contributed by atoms with Crippen LogP contribution >= 0.6 is 9.24 Å². The van der Waals surface area contributed by atoms with Crippen LogP contribution in [0.25, 0.3) is 0 Å². The minimum Gasteiger partial charge on any atom is -0.504 e. The van der Waals surface area contributed by atoms with Crippen molar-refractivity contribution in [2.45, 2.75) is 51.6 Å². The lowest BCUT2D eigenvalue weighted by Gasteiger charge is -2.40. The second-order valence-corrected chi connectivity index (χ2v) is 10.3. The van der Waals surface area contributed by atoms with Crippen molar-refractivity contribution >= 4 is 26.4 Å². The molecule has 0 aromatic heterocycles. The smallest absolute Gasteiger partial charge is 0.269 e. The number of phenols is 1. The van der Waals surface area contributed by atoms with E-state index in [1.54, 1.807) is 32.4 Å². The van der Waals surface area contributed by atoms with Gasteiger partial charge >= 0.3 is 0 Å². The lowest BCUT2D eigenvalue weighted by molar-refractivity contribution is -0.384. The summed E-state index contributed by atoms with van der Waals surface area (Å²) in [5, 5.41) is 30.2. The monoisotopic (exact) mass is 527 g/mol. The number of rotatable bonds is 9. The fourth-order valence-electron chi connectivity index (χ4n) is 5.79. The predicted octanol–water partition coefficient (Wildman–Crippen LogP) is 5.79. The third kappa shape index (κ3) is 5.57. The standard InChI is InChI=1S/C27H34N3O6P/c1-27-11-10-18(12-19(27)6-9-26(27)29-35-3)21-14-25(34-2)24(31)13-22(21)23(16-37)28-36-15-17-4-7-20(8-5-17)30(32)33/h4-5,7-8,13-14,18-19,31H,6,9-12,15-16,37H2,1-3H3/b28-23+,29-26+/t18?,19-,27-/m0/s1. The van der Waals surface area contributed by atoms with Crippen LogP contribution in [0.4, 0.5) is 5.69 Å². The largest absolute Gasteiger partial charge is 0.504 e. The molecule has 10 heteroatoms. The summed E-state index contributed by atoms with van der Waals surface area (Å²) in [6, 6.07) is 9.85. The van der Waals surface area contributed by atoms with Gasteiger partial charge in [-0.2, -0.15) is 0 Å². The first kappa shape index (κ1) is 26.9. The molecule has 2 unspecified atom stereocenters. The van der Waals surface area contributed by atoms with E-state index >= 15 is 0 Å². The molecule has 198 valence electrons. The maximum Gasteiger partial charge on any atom is 0.269 e. The fourth-order valence-corrected chi connectivity index (χ4v) is 6.08. The Morgan fingerprint density at radius 2 is 2.00 bits per heavy atom. The molecular formula is C27H34N3O6P. The van der Waals surface area contributed by atoms with Gasteiger partial charge in [-0.05, 0) is 79.3 Å². The Hall–Kier alpha value is -3.19. The summed E-state index contributed by atoms with van der Waals surface area (Å²) in [5.74, 6) is 1.28. The molecule has 0 amide bonds. The molecule has 0 radical (unpaired) electrons. The van der Waals surface area contributed by atoms with E-state index in [2.05, 4.69) is 26.5 Å². The molecule has 9 nitrogen and oxygen atoms in total. The molecule has 2 aromatic rings. The van der Waals surface area contributed by atoms with Gasteiger partial charge in [0, 0.05) is 29.3 Å². The second-order valence-electron chi connectivity index (χ2n) is 9.90. The molecule has 2 aliphatic carbocycles. The number of ether oxygens (including phenoxy) is 1. The van der Waals surface area contributed by atoms with Crippen molar-refractivity contribution in [3.05, 3.63) is 63.2 Å². The first-order chi connectivity index (χ1) is 17.8. The number of phenolic OH excluding ortho intramolecular Hbond substituents is 1. The molecule has 2 aromatic carbocycles. The highest BCUT2D eigenvalue weighted by Gasteiger charge is 2.48. The maximum atomic E-state index is 10.9. The number of hydrogen-bond acceptors (Lipinski definition) is 8. The van der Waals surface area contributed by atoms with Crippen LogP contribution in [0.2, 0.25) is 0 Å². The summed E-state index contributed by atoms with van der Waals surface area (Å²) in [6.07, 6.45) is 5.57. The highest BCUT2D eigenvalue weighted by Crippen LogP contribution is 2.55. The zero-order chi connectivity index (χ0) is 26.6. The first-order valence-corrected chi connectivity index (χ1v) is 13.3. The maximum absolute atomic E-state index is 10.9. The molecular weight excluding hydrogens is 493 g/mol. The Morgan fingerprint density at radius 3 is 2.65 bits per heavy atom. The number of aromatic hydroxyl groups is 1. The van der Waals surface area contributed by atoms with Crippen LogP contribution in [0.3, 0.4) is 0 Å². The summed E-state index contributed by atoms with van der Waals surface area (Å²) in [4.78, 5) is 21.2. The molecule has 0 saturated heterocycles. The SMILES string of the molecule is CO/N=C1\CC[C@H]2CC(c3cc(OC)c(O)cc3/C(CP)=N/OCc3ccc([N+](=O)[O-])cc3)CC[C@]12C. The average Bonchev–Trinajstić information content (AvgIpc) is 3.22. The molecule has 2 fully saturated rings. The molecule has 37 heavy (non-hydrogen) atoms. The summed E-state index contributed by atoms with van der Waals surface area (Å²) in [7, 11) is 5.85. The topological polar surface area (TPSA) is 116 Å². The van der Waals surface area contributed by atoms with Crippen molar-refractivity contribution in [3.63, 3.8) is 0 Å². The van der Waals surface area contributed by atoms with E-state index in [1.165, 1.54) is 12.1 Å². The third-order valence-electron chi connectivity index (χ3n) is 7.92. The van der Waals surface area contributed by atoms with Gasteiger partial charge in [0.1, 0.15) is 13.7 Å². The van der Waals surface area contributed by atoms with Crippen molar-refractivity contribution in [3.8, 4) is 11.5 Å². The number of non-ortho nitro benzene ring substituents is 1. The van der Waals surface area contributed by atoms with E-state index in [0.717, 1.165) is 54.5 Å². The van der Waals surface area contributed by atoms with Crippen LogP contribution in [-0.4, -0.2) is 41.8 Å². The Bertz CT molecular complexity index is 1200. The van der Waals surface area contributed by atoms with E-state index < -0.39 is 4.92 Å². The van der Waals surface area contributed by atoms with Crippen molar-refractivity contribution in [2.75, 3.05) is 20.4 Å². The Kier molecular flexibility index (Phi) is 8.32. The number of fused-ring (bicyclic) bond motifs is 1. The molecule has 0 aliphatic heterocycles. The van der Waals surface area contributed by atoms with E-state index in [0.29, 0.717) is 23.5 Å². The summed E-state index contributed by atoms with van der Waals surface area (Å²) in [5.41, 5.74) is 4.65. The van der Waals surface area contributed by atoms with Gasteiger partial charge in [-0.3, -0.25) is 10.1 Å². The molecule has 0 bridgehead atoms. The zero-order valence-electron chi connectivity index (χ0n) is 21.5. The van der Waals surface area contributed by atoms with Gasteiger partial charge in [0.25, 0.3) is 5.69 Å². The lowest BCUT2D eigenvalue weighted by Crippen LogP contribution is -2.35. The van der Waals surface area contributed by atoms with E-state index in [-0.39, 0.29) is 29.4 Å². The van der Waals surface area contributed by atoms with E-state index in [1.807, 2.05) is 6.07 Å². The van der Waals surface area contributed by atoms with Gasteiger partial charge in [0.2, 0.25) is 0 Å². The number of methoxy groups -OCH3 is 1. The van der Waals surface area contributed by atoms with E-state index in [9.17, 15) is 15.2 Å². The number of nitro groups is 1. The van der Waals surface area contributed by atoms with Gasteiger partial charge in [-0.1, -0.05) is 17.2 Å². The molecule has 2 saturated carbocycles. The summed E-state index contributed by atoms with van der Waals surface area (Å²) in [6.45, 7) is 2.48. The van der Waals surface area contributed by atoms with Crippen LogP contribution in [0.15, 0.2) is 46.7 Å². The number of nitrogens with zero attached hydrogens (tertiary/aromatic N) is 3. The minimum atomic E-state index is -0.433. The van der Waals surface area contributed by atoms with Crippen LogP contribution in [0.5, 0.6) is 11.5 Å². The number of hydrogen-bond donors (Lipinski definition) is 1. The van der Waals surface area contributed by atoms with Gasteiger partial charge in [0.05, 0.1) is 23.5 Å². The van der Waals surface area contributed by atoms with Gasteiger partial charge in [-0.25, -0.2) is 0 Å². The van der Waals surface area contributed by atoms with Crippen LogP contribution < -0.4 is 4.74 Å². The number of nitro benzene ring substituents is 1. The minimum absolute atomic E-state index is 0.0303. The van der Waals surface area contributed by atoms with Gasteiger partial charge in [0.15, 0.2) is 11.5 Å². The number of benzene rings is 2. The lowest BCUT2D eigenvalue weighted by atomic mass is 9.64. The van der Waals surface area contributed by atoms with Crippen molar-refractivity contribution in [1.29, 1.82) is 0 Å². The first-order valence-electron chi connectivity index (χ1n) is 12.4. The predicted molar refractivity (Wildman–Crippen MR) is 146 cm³/mol. The summed E-state index contributed by atoms with van der Waals surface area (Å²) < 4.78 is 5.46. The molecule has 2 aliphatic rings. The van der Waals surface area contributed by atoms with Crippen LogP contribution in [0.1, 0.15) is 61.6 Å². The Morgan fingerprint density at radius 1 is 1.24 bits per heavy atom. The highest BCUT2D eigenvalue weighted by atomic mass is 31.0. The Labute approximate surface area is 219 Å². The fraction of sp³-hybridized carbons (Fsp3) is 0.481. The molecule has 1 N–H and O–H groups in total. The zero-order valence-corrected chi connectivity index (χ0v) is 22.6. The Balaban J connectivity index is 1.59. The van der Waals surface area contributed by atoms with Crippen molar-refractivity contribution < 1.29 is 24.4 Å². The second kappa shape index (κ2) is 11.5. The quantitative estimate of drug-likeness (QED) is 0.191. The molecule has 4 rings (SSSR count). The van der Waals surface area contributed by atoms with Crippen molar-refractivity contribution in [2.24, 2.45) is 21.6 Å². The van der Waals surface area contributed by atoms with Crippen LogP contribution in [-0.2, 0) is 16.3 Å². The third-order valence-corrected chi connectivity index (χ3v) is 8.31. The highest BCUT2D eigenvalue weighted by molar-refractivity contribution is 7.18. The van der Waals surface area contributed by atoms with Crippen molar-refractivity contribution in [1.82, 2.24) is 0 Å². The van der Waals surface area contributed by atoms with E-state index in [4.69, 9.17) is 14.4 Å². The van der Waals surface area contributed by atoms with Crippen LogP contribution in [0, 0.1) is 21.4 Å². The average molecular weight is 528 g/mol. The normalized spacial score (nSPS) is 24.5.